The molecule has 6 nitrogen and oxygen atoms in total. The molecule has 1 atom stereocenters. The van der Waals surface area contributed by atoms with Crippen LogP contribution in [-0.4, -0.2) is 46.1 Å². The minimum atomic E-state index is -2.95. The highest BCUT2D eigenvalue weighted by Crippen LogP contribution is 2.18. The summed E-state index contributed by atoms with van der Waals surface area (Å²) in [5, 5.41) is 6.46. The van der Waals surface area contributed by atoms with Crippen molar-refractivity contribution < 1.29 is 13.2 Å². The topological polar surface area (TPSA) is 79.8 Å². The normalized spacial score (nSPS) is 13.6. The van der Waals surface area contributed by atoms with Crippen LogP contribution in [0.3, 0.4) is 0 Å². The highest BCUT2D eigenvalue weighted by Gasteiger charge is 2.10. The van der Waals surface area contributed by atoms with E-state index in [1.54, 1.807) is 7.05 Å². The van der Waals surface area contributed by atoms with Crippen LogP contribution in [0.2, 0.25) is 0 Å². The molecule has 0 saturated heterocycles. The summed E-state index contributed by atoms with van der Waals surface area (Å²) in [4.78, 5) is 4.20. The first-order valence-corrected chi connectivity index (χ1v) is 10.6. The smallest absolute Gasteiger partial charge is 0.191 e. The third-order valence-corrected chi connectivity index (χ3v) is 4.50. The van der Waals surface area contributed by atoms with Crippen LogP contribution in [0.4, 0.5) is 0 Å². The minimum Gasteiger partial charge on any atom is -0.493 e. The first kappa shape index (κ1) is 21.3. The fraction of sp³-hybridized carbons (Fsp3) is 0.611. The molecule has 0 bridgehead atoms. The van der Waals surface area contributed by atoms with Crippen LogP contribution in [0.25, 0.3) is 0 Å². The summed E-state index contributed by atoms with van der Waals surface area (Å²) in [7, 11) is -1.26. The number of aliphatic imine (C=N–C) groups is 1. The van der Waals surface area contributed by atoms with Gasteiger partial charge in [-0.05, 0) is 25.3 Å². The van der Waals surface area contributed by atoms with Gasteiger partial charge in [0.15, 0.2) is 5.96 Å². The molecule has 0 amide bonds. The molecule has 0 saturated carbocycles. The molecule has 0 aliphatic carbocycles. The number of hydrogen-bond acceptors (Lipinski definition) is 4. The van der Waals surface area contributed by atoms with Crippen molar-refractivity contribution in [2.24, 2.45) is 10.9 Å². The molecule has 1 unspecified atom stereocenters. The van der Waals surface area contributed by atoms with Crippen molar-refractivity contribution in [3.63, 3.8) is 0 Å². The molecule has 142 valence electrons. The standard InChI is InChI=1S/C18H31N3O3S/c1-14(2)13-24-17-9-7-6-8-16(17)12-20-18(19-4)21-15(3)10-11-25(5,22)23/h6-9,14-15H,10-13H2,1-5H3,(H2,19,20,21). The van der Waals surface area contributed by atoms with Gasteiger partial charge in [-0.1, -0.05) is 32.0 Å². The zero-order valence-corrected chi connectivity index (χ0v) is 16.7. The van der Waals surface area contributed by atoms with Crippen molar-refractivity contribution in [1.29, 1.82) is 0 Å². The molecule has 0 aromatic heterocycles. The van der Waals surface area contributed by atoms with Gasteiger partial charge < -0.3 is 15.4 Å². The number of rotatable bonds is 9. The molecule has 25 heavy (non-hydrogen) atoms. The summed E-state index contributed by atoms with van der Waals surface area (Å²) < 4.78 is 28.4. The van der Waals surface area contributed by atoms with Gasteiger partial charge in [-0.25, -0.2) is 8.42 Å². The van der Waals surface area contributed by atoms with Crippen LogP contribution < -0.4 is 15.4 Å². The van der Waals surface area contributed by atoms with Crippen LogP contribution in [0.5, 0.6) is 5.75 Å². The Balaban J connectivity index is 2.57. The second kappa shape index (κ2) is 10.3. The maximum atomic E-state index is 11.3. The van der Waals surface area contributed by atoms with Crippen molar-refractivity contribution in [3.05, 3.63) is 29.8 Å². The fourth-order valence-electron chi connectivity index (χ4n) is 2.12. The van der Waals surface area contributed by atoms with Crippen molar-refractivity contribution in [1.82, 2.24) is 10.6 Å². The molecule has 7 heteroatoms. The second-order valence-electron chi connectivity index (χ2n) is 6.70. The Morgan fingerprint density at radius 3 is 2.52 bits per heavy atom. The average Bonchev–Trinajstić information content (AvgIpc) is 2.54. The lowest BCUT2D eigenvalue weighted by Gasteiger charge is -2.19. The number of ether oxygens (including phenoxy) is 1. The number of guanidine groups is 1. The van der Waals surface area contributed by atoms with E-state index in [1.807, 2.05) is 31.2 Å². The van der Waals surface area contributed by atoms with Gasteiger partial charge in [-0.3, -0.25) is 4.99 Å². The number of nitrogens with zero attached hydrogens (tertiary/aromatic N) is 1. The van der Waals surface area contributed by atoms with E-state index in [9.17, 15) is 8.42 Å². The third-order valence-electron chi connectivity index (χ3n) is 3.52. The van der Waals surface area contributed by atoms with Gasteiger partial charge in [-0.2, -0.15) is 0 Å². The minimum absolute atomic E-state index is 0.00774. The third kappa shape index (κ3) is 9.34. The van der Waals surface area contributed by atoms with Gasteiger partial charge in [0.05, 0.1) is 12.4 Å². The molecule has 0 heterocycles. The number of nitrogens with one attached hydrogen (secondary N) is 2. The quantitative estimate of drug-likeness (QED) is 0.515. The summed E-state index contributed by atoms with van der Waals surface area (Å²) in [5.41, 5.74) is 1.05. The lowest BCUT2D eigenvalue weighted by Crippen LogP contribution is -2.42. The Labute approximate surface area is 152 Å². The van der Waals surface area contributed by atoms with E-state index in [2.05, 4.69) is 29.5 Å². The monoisotopic (exact) mass is 369 g/mol. The van der Waals surface area contributed by atoms with Gasteiger partial charge in [0.2, 0.25) is 0 Å². The summed E-state index contributed by atoms with van der Waals surface area (Å²) >= 11 is 0. The first-order valence-electron chi connectivity index (χ1n) is 8.57. The van der Waals surface area contributed by atoms with E-state index < -0.39 is 9.84 Å². The fourth-order valence-corrected chi connectivity index (χ4v) is 2.90. The van der Waals surface area contributed by atoms with Crippen molar-refractivity contribution in [2.75, 3.05) is 25.7 Å². The number of para-hydroxylation sites is 1. The lowest BCUT2D eigenvalue weighted by atomic mass is 10.2. The van der Waals surface area contributed by atoms with Crippen molar-refractivity contribution in [3.8, 4) is 5.75 Å². The van der Waals surface area contributed by atoms with E-state index >= 15 is 0 Å². The maximum absolute atomic E-state index is 11.3. The van der Waals surface area contributed by atoms with Crippen LogP contribution in [-0.2, 0) is 16.4 Å². The zero-order valence-electron chi connectivity index (χ0n) is 15.9. The Morgan fingerprint density at radius 2 is 1.92 bits per heavy atom. The Hall–Kier alpha value is -1.76. The van der Waals surface area contributed by atoms with E-state index in [0.29, 0.717) is 31.4 Å². The van der Waals surface area contributed by atoms with Crippen LogP contribution in [0.1, 0.15) is 32.8 Å². The van der Waals surface area contributed by atoms with Crippen LogP contribution in [0.15, 0.2) is 29.3 Å². The summed E-state index contributed by atoms with van der Waals surface area (Å²) in [5.74, 6) is 2.12. The van der Waals surface area contributed by atoms with Gasteiger partial charge in [-0.15, -0.1) is 0 Å². The van der Waals surface area contributed by atoms with Crippen LogP contribution >= 0.6 is 0 Å². The first-order chi connectivity index (χ1) is 11.7. The predicted octanol–water partition coefficient (Wildman–Crippen LogP) is 2.21. The molecular weight excluding hydrogens is 338 g/mol. The lowest BCUT2D eigenvalue weighted by molar-refractivity contribution is 0.268. The SMILES string of the molecule is CN=C(NCc1ccccc1OCC(C)C)NC(C)CCS(C)(=O)=O. The Kier molecular flexibility index (Phi) is 8.75. The van der Waals surface area contributed by atoms with E-state index in [1.165, 1.54) is 6.26 Å². The van der Waals surface area contributed by atoms with Gasteiger partial charge in [0.25, 0.3) is 0 Å². The zero-order chi connectivity index (χ0) is 18.9. The van der Waals surface area contributed by atoms with Gasteiger partial charge in [0, 0.05) is 31.5 Å². The molecular formula is C18H31N3O3S. The van der Waals surface area contributed by atoms with Gasteiger partial charge in [0.1, 0.15) is 15.6 Å². The molecule has 0 fully saturated rings. The van der Waals surface area contributed by atoms with E-state index in [4.69, 9.17) is 4.74 Å². The highest BCUT2D eigenvalue weighted by molar-refractivity contribution is 7.90. The molecule has 1 rings (SSSR count). The number of hydrogen-bond donors (Lipinski definition) is 2. The van der Waals surface area contributed by atoms with E-state index in [-0.39, 0.29) is 11.8 Å². The largest absolute Gasteiger partial charge is 0.493 e. The highest BCUT2D eigenvalue weighted by atomic mass is 32.2. The number of sulfone groups is 1. The Bertz CT molecular complexity index is 657. The molecule has 2 N–H and O–H groups in total. The van der Waals surface area contributed by atoms with Crippen molar-refractivity contribution in [2.45, 2.75) is 39.8 Å². The summed E-state index contributed by atoms with van der Waals surface area (Å²) in [6.45, 7) is 7.42. The van der Waals surface area contributed by atoms with Crippen LogP contribution in [0, 0.1) is 5.92 Å². The maximum Gasteiger partial charge on any atom is 0.191 e. The summed E-state index contributed by atoms with van der Waals surface area (Å²) in [6.07, 6.45) is 1.79. The molecule has 0 aliphatic rings. The molecule has 0 radical (unpaired) electrons. The average molecular weight is 370 g/mol. The molecule has 1 aromatic rings. The molecule has 1 aromatic carbocycles. The molecule has 0 aliphatic heterocycles. The Morgan fingerprint density at radius 1 is 1.24 bits per heavy atom. The van der Waals surface area contributed by atoms with Crippen molar-refractivity contribution >= 4 is 15.8 Å². The number of benzene rings is 1. The van der Waals surface area contributed by atoms with E-state index in [0.717, 1.165) is 11.3 Å². The van der Waals surface area contributed by atoms with Gasteiger partial charge >= 0.3 is 0 Å². The molecule has 0 spiro atoms. The summed E-state index contributed by atoms with van der Waals surface area (Å²) in [6, 6.07) is 7.92. The predicted molar refractivity (Wildman–Crippen MR) is 104 cm³/mol. The second-order valence-corrected chi connectivity index (χ2v) is 8.96.